The minimum Gasteiger partial charge on any atom is -0.445 e. The predicted octanol–water partition coefficient (Wildman–Crippen LogP) is 1.18. The van der Waals surface area contributed by atoms with E-state index in [0.29, 0.717) is 12.0 Å². The zero-order chi connectivity index (χ0) is 13.0. The molecule has 1 aliphatic carbocycles. The standard InChI is InChI=1S/C10H14N6O2.ClH/c1-2-5-18-10(17)16-9-14-7(11)13-8(15-9)12-6-3-4-6;/h2,6H,1,3-5H2,(H4,11,12,13,14,15,16,17);1H. The normalized spacial score (nSPS) is 13.1. The molecule has 0 atom stereocenters. The quantitative estimate of drug-likeness (QED) is 0.696. The van der Waals surface area contributed by atoms with E-state index in [1.165, 1.54) is 6.08 Å². The van der Waals surface area contributed by atoms with E-state index >= 15 is 0 Å². The summed E-state index contributed by atoms with van der Waals surface area (Å²) < 4.78 is 4.74. The van der Waals surface area contributed by atoms with Crippen molar-refractivity contribution in [1.82, 2.24) is 15.0 Å². The van der Waals surface area contributed by atoms with Gasteiger partial charge in [0.25, 0.3) is 0 Å². The lowest BCUT2D eigenvalue weighted by Gasteiger charge is -2.07. The first-order chi connectivity index (χ1) is 8.67. The number of nitrogens with one attached hydrogen (secondary N) is 2. The highest BCUT2D eigenvalue weighted by atomic mass is 35.5. The van der Waals surface area contributed by atoms with Crippen molar-refractivity contribution >= 4 is 36.3 Å². The van der Waals surface area contributed by atoms with E-state index in [2.05, 4.69) is 32.2 Å². The highest BCUT2D eigenvalue weighted by Crippen LogP contribution is 2.23. The van der Waals surface area contributed by atoms with Gasteiger partial charge < -0.3 is 15.8 Å². The second-order valence-corrected chi connectivity index (χ2v) is 3.77. The molecule has 2 rings (SSSR count). The molecule has 0 saturated heterocycles. The summed E-state index contributed by atoms with van der Waals surface area (Å²) in [6.45, 7) is 3.54. The average molecular weight is 287 g/mol. The molecule has 1 heterocycles. The largest absolute Gasteiger partial charge is 0.445 e. The van der Waals surface area contributed by atoms with Gasteiger partial charge in [0.15, 0.2) is 0 Å². The van der Waals surface area contributed by atoms with Crippen molar-refractivity contribution in [3.63, 3.8) is 0 Å². The maximum atomic E-state index is 11.3. The van der Waals surface area contributed by atoms with Crippen LogP contribution in [0.1, 0.15) is 12.8 Å². The zero-order valence-electron chi connectivity index (χ0n) is 10.1. The molecule has 1 aromatic rings. The zero-order valence-corrected chi connectivity index (χ0v) is 10.9. The molecule has 8 nitrogen and oxygen atoms in total. The number of aromatic nitrogens is 3. The third-order valence-electron chi connectivity index (χ3n) is 2.11. The minimum absolute atomic E-state index is 0. The molecule has 1 saturated carbocycles. The van der Waals surface area contributed by atoms with Gasteiger partial charge in [-0.25, -0.2) is 4.79 Å². The molecule has 1 aliphatic rings. The summed E-state index contributed by atoms with van der Waals surface area (Å²) in [4.78, 5) is 23.0. The van der Waals surface area contributed by atoms with Crippen molar-refractivity contribution < 1.29 is 9.53 Å². The van der Waals surface area contributed by atoms with Crippen LogP contribution in [0, 0.1) is 0 Å². The lowest BCUT2D eigenvalue weighted by atomic mass is 10.7. The van der Waals surface area contributed by atoms with Crippen LogP contribution in [-0.2, 0) is 4.74 Å². The van der Waals surface area contributed by atoms with E-state index in [4.69, 9.17) is 10.5 Å². The minimum atomic E-state index is -0.669. The molecule has 9 heteroatoms. The second kappa shape index (κ2) is 6.74. The van der Waals surface area contributed by atoms with Crippen LogP contribution in [0.3, 0.4) is 0 Å². The van der Waals surface area contributed by atoms with Crippen LogP contribution in [0.15, 0.2) is 12.7 Å². The number of hydrogen-bond donors (Lipinski definition) is 3. The highest BCUT2D eigenvalue weighted by Gasteiger charge is 2.22. The first-order valence-corrected chi connectivity index (χ1v) is 5.50. The van der Waals surface area contributed by atoms with Crippen LogP contribution in [0.4, 0.5) is 22.6 Å². The molecule has 0 unspecified atom stereocenters. The van der Waals surface area contributed by atoms with E-state index in [-0.39, 0.29) is 30.9 Å². The van der Waals surface area contributed by atoms with Crippen molar-refractivity contribution in [2.45, 2.75) is 18.9 Å². The Morgan fingerprint density at radius 2 is 2.11 bits per heavy atom. The van der Waals surface area contributed by atoms with Crippen LogP contribution in [-0.4, -0.2) is 33.7 Å². The Kier molecular flexibility index (Phi) is 5.31. The smallest absolute Gasteiger partial charge is 0.414 e. The number of amides is 1. The van der Waals surface area contributed by atoms with Crippen LogP contribution in [0.25, 0.3) is 0 Å². The Morgan fingerprint density at radius 1 is 1.42 bits per heavy atom. The monoisotopic (exact) mass is 286 g/mol. The third kappa shape index (κ3) is 4.96. The highest BCUT2D eigenvalue weighted by molar-refractivity contribution is 5.85. The third-order valence-corrected chi connectivity index (χ3v) is 2.11. The SMILES string of the molecule is C=CCOC(=O)Nc1nc(N)nc(NC2CC2)n1.Cl. The molecule has 1 fully saturated rings. The number of hydrogen-bond acceptors (Lipinski definition) is 7. The number of nitrogens with two attached hydrogens (primary N) is 1. The number of carbonyl (C=O) groups is 1. The van der Waals surface area contributed by atoms with E-state index < -0.39 is 6.09 Å². The molecule has 4 N–H and O–H groups in total. The topological polar surface area (TPSA) is 115 Å². The number of carbonyl (C=O) groups excluding carboxylic acids is 1. The number of ether oxygens (including phenoxy) is 1. The molecular formula is C10H15ClN6O2. The molecular weight excluding hydrogens is 272 g/mol. The molecule has 0 radical (unpaired) electrons. The average Bonchev–Trinajstić information content (AvgIpc) is 3.09. The van der Waals surface area contributed by atoms with Gasteiger partial charge in [0.2, 0.25) is 17.8 Å². The summed E-state index contributed by atoms with van der Waals surface area (Å²) in [7, 11) is 0. The van der Waals surface area contributed by atoms with Gasteiger partial charge in [-0.3, -0.25) is 5.32 Å². The maximum absolute atomic E-state index is 11.3. The van der Waals surface area contributed by atoms with Crippen molar-refractivity contribution in [2.24, 2.45) is 0 Å². The van der Waals surface area contributed by atoms with Gasteiger partial charge in [-0.15, -0.1) is 12.4 Å². The Morgan fingerprint density at radius 3 is 2.74 bits per heavy atom. The molecule has 0 aromatic carbocycles. The lowest BCUT2D eigenvalue weighted by Crippen LogP contribution is -2.18. The number of rotatable bonds is 5. The number of nitrogens with zero attached hydrogens (tertiary/aromatic N) is 3. The van der Waals surface area contributed by atoms with E-state index in [0.717, 1.165) is 12.8 Å². The van der Waals surface area contributed by atoms with E-state index in [9.17, 15) is 4.79 Å². The number of halogens is 1. The van der Waals surface area contributed by atoms with E-state index in [1.54, 1.807) is 0 Å². The first-order valence-electron chi connectivity index (χ1n) is 5.50. The molecule has 1 aromatic heterocycles. The van der Waals surface area contributed by atoms with Crippen molar-refractivity contribution in [1.29, 1.82) is 0 Å². The summed E-state index contributed by atoms with van der Waals surface area (Å²) in [5.74, 6) is 0.441. The van der Waals surface area contributed by atoms with E-state index in [1.807, 2.05) is 0 Å². The summed E-state index contributed by atoms with van der Waals surface area (Å²) in [6, 6.07) is 0.382. The van der Waals surface area contributed by atoms with Crippen molar-refractivity contribution in [3.8, 4) is 0 Å². The molecule has 0 bridgehead atoms. The fraction of sp³-hybridized carbons (Fsp3) is 0.400. The maximum Gasteiger partial charge on any atom is 0.414 e. The predicted molar refractivity (Wildman–Crippen MR) is 73.3 cm³/mol. The molecule has 0 aliphatic heterocycles. The molecule has 104 valence electrons. The van der Waals surface area contributed by atoms with Crippen LogP contribution >= 0.6 is 12.4 Å². The van der Waals surface area contributed by atoms with Crippen LogP contribution in [0.5, 0.6) is 0 Å². The number of nitrogen functional groups attached to an aromatic ring is 1. The van der Waals surface area contributed by atoms with Gasteiger partial charge in [-0.1, -0.05) is 12.7 Å². The summed E-state index contributed by atoms with van der Waals surface area (Å²) in [6.07, 6.45) is 2.95. The van der Waals surface area contributed by atoms with Crippen LogP contribution < -0.4 is 16.4 Å². The Balaban J connectivity index is 0.00000180. The Hall–Kier alpha value is -2.09. The van der Waals surface area contributed by atoms with Gasteiger partial charge in [0, 0.05) is 6.04 Å². The summed E-state index contributed by atoms with van der Waals surface area (Å²) >= 11 is 0. The first kappa shape index (κ1) is 15.0. The van der Waals surface area contributed by atoms with Gasteiger partial charge in [0.05, 0.1) is 0 Å². The summed E-state index contributed by atoms with van der Waals surface area (Å²) in [5.41, 5.74) is 5.52. The fourth-order valence-corrected chi connectivity index (χ4v) is 1.18. The van der Waals surface area contributed by atoms with Gasteiger partial charge in [-0.05, 0) is 12.8 Å². The second-order valence-electron chi connectivity index (χ2n) is 3.77. The molecule has 19 heavy (non-hydrogen) atoms. The van der Waals surface area contributed by atoms with Gasteiger partial charge >= 0.3 is 6.09 Å². The fourth-order valence-electron chi connectivity index (χ4n) is 1.18. The lowest BCUT2D eigenvalue weighted by molar-refractivity contribution is 0.174. The summed E-state index contributed by atoms with van der Waals surface area (Å²) in [5, 5.41) is 5.42. The van der Waals surface area contributed by atoms with Crippen LogP contribution in [0.2, 0.25) is 0 Å². The Bertz CT molecular complexity index is 465. The Labute approximate surface area is 116 Å². The van der Waals surface area contributed by atoms with Gasteiger partial charge in [0.1, 0.15) is 6.61 Å². The molecule has 1 amide bonds. The number of anilines is 3. The van der Waals surface area contributed by atoms with Crippen molar-refractivity contribution in [2.75, 3.05) is 23.0 Å². The van der Waals surface area contributed by atoms with Gasteiger partial charge in [-0.2, -0.15) is 15.0 Å². The molecule has 0 spiro atoms. The van der Waals surface area contributed by atoms with Crippen molar-refractivity contribution in [3.05, 3.63) is 12.7 Å².